The maximum Gasteiger partial charge on any atom is 0.141 e. The van der Waals surface area contributed by atoms with Crippen LogP contribution < -0.4 is 5.32 Å². The highest BCUT2D eigenvalue weighted by atomic mass is 35.5. The van der Waals surface area contributed by atoms with Crippen molar-refractivity contribution in [3.05, 3.63) is 94.6 Å². The van der Waals surface area contributed by atoms with E-state index in [1.54, 1.807) is 6.07 Å². The van der Waals surface area contributed by atoms with Gasteiger partial charge in [0.25, 0.3) is 0 Å². The van der Waals surface area contributed by atoms with Crippen molar-refractivity contribution in [3.63, 3.8) is 0 Å². The highest BCUT2D eigenvalue weighted by Crippen LogP contribution is 2.29. The van der Waals surface area contributed by atoms with Crippen LogP contribution in [0.2, 0.25) is 10.0 Å². The number of hydrogen-bond donors (Lipinski definition) is 1. The monoisotopic (exact) mass is 478 g/mol. The Balaban J connectivity index is 1.39. The van der Waals surface area contributed by atoms with E-state index in [-0.39, 0.29) is 5.02 Å². The Kier molecular flexibility index (Phi) is 5.90. The predicted molar refractivity (Wildman–Crippen MR) is 128 cm³/mol. The molecule has 1 N–H and O–H groups in total. The van der Waals surface area contributed by atoms with E-state index in [4.69, 9.17) is 23.2 Å². The smallest absolute Gasteiger partial charge is 0.141 e. The molecule has 2 aromatic heterocycles. The molecule has 0 saturated carbocycles. The fourth-order valence-corrected chi connectivity index (χ4v) is 3.77. The van der Waals surface area contributed by atoms with Gasteiger partial charge in [-0.05, 0) is 54.4 Å². The van der Waals surface area contributed by atoms with Crippen molar-refractivity contribution in [2.75, 3.05) is 5.32 Å². The molecule has 0 aliphatic carbocycles. The number of hydrogen-bond acceptors (Lipinski definition) is 5. The first-order chi connectivity index (χ1) is 16.0. The fourth-order valence-electron chi connectivity index (χ4n) is 3.46. The van der Waals surface area contributed by atoms with Crippen LogP contribution in [0.5, 0.6) is 0 Å². The van der Waals surface area contributed by atoms with E-state index < -0.39 is 5.82 Å². The summed E-state index contributed by atoms with van der Waals surface area (Å²) in [5, 5.41) is 13.3. The molecule has 0 radical (unpaired) electrons. The zero-order valence-electron chi connectivity index (χ0n) is 17.2. The van der Waals surface area contributed by atoms with Crippen molar-refractivity contribution in [1.82, 2.24) is 25.0 Å². The Labute approximate surface area is 199 Å². The molecule has 0 saturated heterocycles. The molecule has 2 heterocycles. The zero-order chi connectivity index (χ0) is 22.8. The van der Waals surface area contributed by atoms with Crippen molar-refractivity contribution in [2.24, 2.45) is 0 Å². The van der Waals surface area contributed by atoms with E-state index in [0.29, 0.717) is 18.1 Å². The molecule has 0 aliphatic heterocycles. The minimum absolute atomic E-state index is 0.0364. The van der Waals surface area contributed by atoms with Gasteiger partial charge < -0.3 is 5.32 Å². The summed E-state index contributed by atoms with van der Waals surface area (Å²) < 4.78 is 15.3. The maximum absolute atomic E-state index is 13.5. The molecule has 6 nitrogen and oxygen atoms in total. The number of nitrogens with zero attached hydrogens (tertiary/aromatic N) is 5. The number of fused-ring (bicyclic) bond motifs is 1. The molecule has 0 aliphatic rings. The normalized spacial score (nSPS) is 11.1. The Morgan fingerprint density at radius 1 is 0.939 bits per heavy atom. The number of rotatable bonds is 6. The van der Waals surface area contributed by atoms with Crippen LogP contribution in [-0.4, -0.2) is 25.0 Å². The minimum Gasteiger partial charge on any atom is -0.340 e. The lowest BCUT2D eigenvalue weighted by atomic mass is 10.1. The SMILES string of the molecule is Fc1ccc(Nc2ncnc3ccc(-c4cn(CCc5ccc(Cl)cc5)nn4)cc23)cc1Cl. The number of anilines is 2. The average Bonchev–Trinajstić information content (AvgIpc) is 3.30. The first-order valence-electron chi connectivity index (χ1n) is 10.2. The van der Waals surface area contributed by atoms with Crippen LogP contribution in [-0.2, 0) is 13.0 Å². The predicted octanol–water partition coefficient (Wildman–Crippen LogP) is 6.32. The van der Waals surface area contributed by atoms with Gasteiger partial charge in [0, 0.05) is 28.2 Å². The molecule has 3 aromatic carbocycles. The van der Waals surface area contributed by atoms with Gasteiger partial charge in [-0.15, -0.1) is 5.10 Å². The summed E-state index contributed by atoms with van der Waals surface area (Å²) in [5.41, 5.74) is 4.19. The number of nitrogens with one attached hydrogen (secondary N) is 1. The molecular formula is C24H17Cl2FN6. The quantitative estimate of drug-likeness (QED) is 0.309. The molecule has 0 amide bonds. The van der Waals surface area contributed by atoms with Crippen LogP contribution in [0.15, 0.2) is 73.2 Å². The molecule has 0 unspecified atom stereocenters. The summed E-state index contributed by atoms with van der Waals surface area (Å²) in [6.07, 6.45) is 4.20. The van der Waals surface area contributed by atoms with Gasteiger partial charge in [0.1, 0.15) is 23.7 Å². The third-order valence-corrected chi connectivity index (χ3v) is 5.74. The van der Waals surface area contributed by atoms with Gasteiger partial charge >= 0.3 is 0 Å². The lowest BCUT2D eigenvalue weighted by molar-refractivity contribution is 0.589. The number of halogens is 3. The summed E-state index contributed by atoms with van der Waals surface area (Å²) in [6.45, 7) is 0.698. The van der Waals surface area contributed by atoms with Gasteiger partial charge in [-0.2, -0.15) is 0 Å². The second-order valence-corrected chi connectivity index (χ2v) is 8.30. The minimum atomic E-state index is -0.476. The van der Waals surface area contributed by atoms with Crippen molar-refractivity contribution < 1.29 is 4.39 Å². The van der Waals surface area contributed by atoms with Crippen molar-refractivity contribution in [1.29, 1.82) is 0 Å². The summed E-state index contributed by atoms with van der Waals surface area (Å²) in [4.78, 5) is 8.69. The highest BCUT2D eigenvalue weighted by Gasteiger charge is 2.10. The molecule has 5 rings (SSSR count). The molecule has 9 heteroatoms. The van der Waals surface area contributed by atoms with Gasteiger partial charge in [0.15, 0.2) is 0 Å². The van der Waals surface area contributed by atoms with Gasteiger partial charge in [-0.1, -0.05) is 46.6 Å². The van der Waals surface area contributed by atoms with Crippen LogP contribution in [0.4, 0.5) is 15.9 Å². The molecule has 0 spiro atoms. The molecule has 164 valence electrons. The molecule has 5 aromatic rings. The van der Waals surface area contributed by atoms with Crippen LogP contribution in [0.1, 0.15) is 5.56 Å². The van der Waals surface area contributed by atoms with Gasteiger partial charge in [0.2, 0.25) is 0 Å². The van der Waals surface area contributed by atoms with E-state index in [1.165, 1.54) is 24.0 Å². The Bertz CT molecular complexity index is 1440. The van der Waals surface area contributed by atoms with E-state index >= 15 is 0 Å². The van der Waals surface area contributed by atoms with E-state index in [9.17, 15) is 4.39 Å². The summed E-state index contributed by atoms with van der Waals surface area (Å²) >= 11 is 11.9. The van der Waals surface area contributed by atoms with Crippen molar-refractivity contribution in [3.8, 4) is 11.3 Å². The second kappa shape index (κ2) is 9.13. The molecule has 0 bridgehead atoms. The van der Waals surface area contributed by atoms with Gasteiger partial charge in [0.05, 0.1) is 16.7 Å². The number of aryl methyl sites for hydroxylation is 2. The zero-order valence-corrected chi connectivity index (χ0v) is 18.7. The maximum atomic E-state index is 13.5. The second-order valence-electron chi connectivity index (χ2n) is 7.45. The summed E-state index contributed by atoms with van der Waals surface area (Å²) in [5.74, 6) is 0.107. The van der Waals surface area contributed by atoms with Crippen molar-refractivity contribution in [2.45, 2.75) is 13.0 Å². The van der Waals surface area contributed by atoms with Crippen molar-refractivity contribution >= 4 is 45.6 Å². The fraction of sp³-hybridized carbons (Fsp3) is 0.0833. The van der Waals surface area contributed by atoms with Gasteiger partial charge in [-0.25, -0.2) is 14.4 Å². The third-order valence-electron chi connectivity index (χ3n) is 5.19. The van der Waals surface area contributed by atoms with Gasteiger partial charge in [-0.3, -0.25) is 4.68 Å². The Morgan fingerprint density at radius 3 is 2.61 bits per heavy atom. The third kappa shape index (κ3) is 4.79. The molecular weight excluding hydrogens is 462 g/mol. The van der Waals surface area contributed by atoms with E-state index in [2.05, 4.69) is 25.6 Å². The summed E-state index contributed by atoms with van der Waals surface area (Å²) in [6, 6.07) is 18.0. The summed E-state index contributed by atoms with van der Waals surface area (Å²) in [7, 11) is 0. The van der Waals surface area contributed by atoms with Crippen LogP contribution in [0.25, 0.3) is 22.2 Å². The number of benzene rings is 3. The van der Waals surface area contributed by atoms with E-state index in [0.717, 1.165) is 33.6 Å². The lowest BCUT2D eigenvalue weighted by Crippen LogP contribution is -2.01. The first kappa shape index (κ1) is 21.3. The molecule has 0 fully saturated rings. The highest BCUT2D eigenvalue weighted by molar-refractivity contribution is 6.31. The molecule has 0 atom stereocenters. The average molecular weight is 479 g/mol. The first-order valence-corrected chi connectivity index (χ1v) is 10.9. The van der Waals surface area contributed by atoms with Crippen LogP contribution in [0, 0.1) is 5.82 Å². The van der Waals surface area contributed by atoms with E-state index in [1.807, 2.05) is 53.3 Å². The molecule has 33 heavy (non-hydrogen) atoms. The largest absolute Gasteiger partial charge is 0.340 e. The topological polar surface area (TPSA) is 68.5 Å². The lowest BCUT2D eigenvalue weighted by Gasteiger charge is -2.09. The van der Waals surface area contributed by atoms with Crippen LogP contribution >= 0.6 is 23.2 Å². The Morgan fingerprint density at radius 2 is 1.79 bits per heavy atom. The standard InChI is InChI=1S/C24H17Cl2FN6/c25-17-4-1-15(2-5-17)9-10-33-13-23(31-32-33)16-3-8-22-19(11-16)24(29-14-28-22)30-18-6-7-21(27)20(26)12-18/h1-8,11-14H,9-10H2,(H,28,29,30). The number of aromatic nitrogens is 5. The van der Waals surface area contributed by atoms with Crippen LogP contribution in [0.3, 0.4) is 0 Å². The Hall–Kier alpha value is -3.55.